The zero-order valence-corrected chi connectivity index (χ0v) is 13.7. The highest BCUT2D eigenvalue weighted by Gasteiger charge is 2.26. The maximum atomic E-state index is 12.7. The predicted octanol–water partition coefficient (Wildman–Crippen LogP) is 2.22. The summed E-state index contributed by atoms with van der Waals surface area (Å²) in [5, 5.41) is 19.6. The highest BCUT2D eigenvalue weighted by atomic mass is 16.5. The number of nitrogens with one attached hydrogen (secondary N) is 2. The van der Waals surface area contributed by atoms with Gasteiger partial charge in [-0.3, -0.25) is 9.89 Å². The fraction of sp³-hybridized carbons (Fsp3) is 0.167. The number of phenolic OH excluding ortho intramolecular Hbond substituents is 1. The quantitative estimate of drug-likeness (QED) is 0.632. The number of hydrogen-bond acceptors (Lipinski definition) is 5. The largest absolute Gasteiger partial charge is 0.508 e. The van der Waals surface area contributed by atoms with Gasteiger partial charge < -0.3 is 15.2 Å². The van der Waals surface area contributed by atoms with Gasteiger partial charge in [0.2, 0.25) is 0 Å². The van der Waals surface area contributed by atoms with E-state index in [-0.39, 0.29) is 11.4 Å². The lowest BCUT2D eigenvalue weighted by atomic mass is 10.1. The molecule has 1 unspecified atom stereocenters. The monoisotopic (exact) mass is 339 g/mol. The molecule has 2 aromatic carbocycles. The van der Waals surface area contributed by atoms with Gasteiger partial charge in [-0.2, -0.15) is 5.10 Å². The number of benzene rings is 2. The fourth-order valence-electron chi connectivity index (χ4n) is 2.56. The van der Waals surface area contributed by atoms with Crippen LogP contribution in [0.15, 0.2) is 42.5 Å². The number of nitrogens with zero attached hydrogens (tertiary/aromatic N) is 1. The zero-order valence-electron chi connectivity index (χ0n) is 13.7. The molecule has 0 saturated heterocycles. The van der Waals surface area contributed by atoms with Crippen LogP contribution in [-0.4, -0.2) is 34.3 Å². The number of ether oxygens (including phenoxy) is 1. The molecule has 128 valence electrons. The third kappa shape index (κ3) is 3.30. The molecule has 0 fully saturated rings. The van der Waals surface area contributed by atoms with Crippen LogP contribution in [0.4, 0.5) is 0 Å². The van der Waals surface area contributed by atoms with E-state index in [9.17, 15) is 14.7 Å². The van der Waals surface area contributed by atoms with Crippen LogP contribution in [0.5, 0.6) is 5.75 Å². The molecule has 1 aromatic heterocycles. The molecule has 3 rings (SSSR count). The molecule has 3 N–H and O–H groups in total. The lowest BCUT2D eigenvalue weighted by molar-refractivity contribution is -0.143. The van der Waals surface area contributed by atoms with Gasteiger partial charge >= 0.3 is 5.97 Å². The Labute approximate surface area is 143 Å². The second-order valence-electron chi connectivity index (χ2n) is 5.64. The number of aryl methyl sites for hydroxylation is 1. The maximum Gasteiger partial charge on any atom is 0.333 e. The van der Waals surface area contributed by atoms with E-state index >= 15 is 0 Å². The number of H-pyrrole nitrogens is 1. The summed E-state index contributed by atoms with van der Waals surface area (Å²) in [4.78, 5) is 24.7. The van der Waals surface area contributed by atoms with E-state index in [4.69, 9.17) is 4.74 Å². The van der Waals surface area contributed by atoms with Crippen LogP contribution in [0.3, 0.4) is 0 Å². The third-order valence-electron chi connectivity index (χ3n) is 3.87. The van der Waals surface area contributed by atoms with E-state index in [2.05, 4.69) is 15.5 Å². The van der Waals surface area contributed by atoms with Crippen LogP contribution in [0, 0.1) is 6.92 Å². The number of esters is 1. The van der Waals surface area contributed by atoms with Gasteiger partial charge in [-0.05, 0) is 36.8 Å². The molecule has 0 spiro atoms. The lowest BCUT2D eigenvalue weighted by Crippen LogP contribution is -2.34. The minimum atomic E-state index is -1.00. The van der Waals surface area contributed by atoms with Crippen molar-refractivity contribution >= 4 is 22.8 Å². The molecule has 1 amide bonds. The Kier molecular flexibility index (Phi) is 4.38. The normalized spacial score (nSPS) is 11.9. The Morgan fingerprint density at radius 2 is 1.92 bits per heavy atom. The summed E-state index contributed by atoms with van der Waals surface area (Å²) in [5.41, 5.74) is 2.42. The Morgan fingerprint density at radius 1 is 1.20 bits per heavy atom. The summed E-state index contributed by atoms with van der Waals surface area (Å²) < 4.78 is 4.78. The molecule has 0 radical (unpaired) electrons. The van der Waals surface area contributed by atoms with E-state index in [1.54, 1.807) is 12.1 Å². The van der Waals surface area contributed by atoms with Crippen LogP contribution in [0.25, 0.3) is 10.9 Å². The molecule has 7 nitrogen and oxygen atoms in total. The van der Waals surface area contributed by atoms with Gasteiger partial charge in [-0.15, -0.1) is 0 Å². The second-order valence-corrected chi connectivity index (χ2v) is 5.64. The van der Waals surface area contributed by atoms with Crippen molar-refractivity contribution in [2.45, 2.75) is 13.0 Å². The van der Waals surface area contributed by atoms with Crippen molar-refractivity contribution in [3.8, 4) is 5.75 Å². The molecule has 25 heavy (non-hydrogen) atoms. The van der Waals surface area contributed by atoms with E-state index in [0.29, 0.717) is 10.9 Å². The van der Waals surface area contributed by atoms with Gasteiger partial charge in [0.15, 0.2) is 11.7 Å². The molecular formula is C18H17N3O4. The summed E-state index contributed by atoms with van der Waals surface area (Å²) in [6.07, 6.45) is 0. The van der Waals surface area contributed by atoms with Crippen molar-refractivity contribution in [2.24, 2.45) is 0 Å². The number of aromatic nitrogens is 2. The van der Waals surface area contributed by atoms with E-state index in [1.165, 1.54) is 19.2 Å². The van der Waals surface area contributed by atoms with Crippen LogP contribution in [0.2, 0.25) is 0 Å². The number of aromatic hydroxyl groups is 1. The van der Waals surface area contributed by atoms with Gasteiger partial charge in [-0.25, -0.2) is 4.79 Å². The molecule has 0 aliphatic carbocycles. The standard InChI is InChI=1S/C18H17N3O4/c1-10-3-8-14-13(9-10)16(21-20-14)17(23)19-15(18(24)25-2)11-4-6-12(22)7-5-11/h3-9,15,22H,1-2H3,(H,19,23)(H,20,21). The third-order valence-corrected chi connectivity index (χ3v) is 3.87. The number of aromatic amines is 1. The molecular weight excluding hydrogens is 322 g/mol. The summed E-state index contributed by atoms with van der Waals surface area (Å²) in [5.74, 6) is -1.05. The van der Waals surface area contributed by atoms with Crippen molar-refractivity contribution in [1.29, 1.82) is 0 Å². The smallest absolute Gasteiger partial charge is 0.333 e. The van der Waals surface area contributed by atoms with E-state index in [0.717, 1.165) is 11.1 Å². The SMILES string of the molecule is COC(=O)C(NC(=O)c1n[nH]c2ccc(C)cc12)c1ccc(O)cc1. The van der Waals surface area contributed by atoms with Crippen molar-refractivity contribution in [1.82, 2.24) is 15.5 Å². The second kappa shape index (κ2) is 6.64. The minimum Gasteiger partial charge on any atom is -0.508 e. The Morgan fingerprint density at radius 3 is 2.60 bits per heavy atom. The van der Waals surface area contributed by atoms with Crippen LogP contribution in [0.1, 0.15) is 27.7 Å². The Bertz CT molecular complexity index is 931. The number of methoxy groups -OCH3 is 1. The molecule has 1 heterocycles. The Hall–Kier alpha value is -3.35. The average Bonchev–Trinajstić information content (AvgIpc) is 3.03. The fourth-order valence-corrected chi connectivity index (χ4v) is 2.56. The molecule has 0 bridgehead atoms. The van der Waals surface area contributed by atoms with Crippen molar-refractivity contribution in [2.75, 3.05) is 7.11 Å². The highest BCUT2D eigenvalue weighted by Crippen LogP contribution is 2.21. The summed E-state index contributed by atoms with van der Waals surface area (Å²) in [6, 6.07) is 10.6. The zero-order chi connectivity index (χ0) is 18.0. The number of rotatable bonds is 4. The number of hydrogen-bond donors (Lipinski definition) is 3. The van der Waals surface area contributed by atoms with Crippen molar-refractivity contribution in [3.05, 3.63) is 59.3 Å². The summed E-state index contributed by atoms with van der Waals surface area (Å²) in [6.45, 7) is 1.92. The van der Waals surface area contributed by atoms with Gasteiger partial charge in [0.1, 0.15) is 5.75 Å². The first-order chi connectivity index (χ1) is 12.0. The molecule has 0 saturated carbocycles. The predicted molar refractivity (Wildman–Crippen MR) is 91.2 cm³/mol. The summed E-state index contributed by atoms with van der Waals surface area (Å²) >= 11 is 0. The number of fused-ring (bicyclic) bond motifs is 1. The lowest BCUT2D eigenvalue weighted by Gasteiger charge is -2.16. The molecule has 7 heteroatoms. The maximum absolute atomic E-state index is 12.7. The Balaban J connectivity index is 1.93. The number of amides is 1. The number of phenols is 1. The van der Waals surface area contributed by atoms with Crippen LogP contribution >= 0.6 is 0 Å². The average molecular weight is 339 g/mol. The first kappa shape index (κ1) is 16.5. The van der Waals surface area contributed by atoms with Gasteiger partial charge in [-0.1, -0.05) is 23.8 Å². The minimum absolute atomic E-state index is 0.0625. The van der Waals surface area contributed by atoms with E-state index in [1.807, 2.05) is 25.1 Å². The number of carbonyl (C=O) groups is 2. The summed E-state index contributed by atoms with van der Waals surface area (Å²) in [7, 11) is 1.25. The first-order valence-electron chi connectivity index (χ1n) is 7.62. The highest BCUT2D eigenvalue weighted by molar-refractivity contribution is 6.06. The molecule has 1 atom stereocenters. The topological polar surface area (TPSA) is 104 Å². The van der Waals surface area contributed by atoms with Crippen LogP contribution in [-0.2, 0) is 9.53 Å². The van der Waals surface area contributed by atoms with Crippen molar-refractivity contribution in [3.63, 3.8) is 0 Å². The molecule has 0 aliphatic rings. The molecule has 3 aromatic rings. The van der Waals surface area contributed by atoms with Gasteiger partial charge in [0, 0.05) is 5.39 Å². The van der Waals surface area contributed by atoms with Crippen LogP contribution < -0.4 is 5.32 Å². The first-order valence-corrected chi connectivity index (χ1v) is 7.62. The van der Waals surface area contributed by atoms with E-state index < -0.39 is 17.9 Å². The van der Waals surface area contributed by atoms with Gasteiger partial charge in [0.25, 0.3) is 5.91 Å². The van der Waals surface area contributed by atoms with Gasteiger partial charge in [0.05, 0.1) is 12.6 Å². The molecule has 0 aliphatic heterocycles. The van der Waals surface area contributed by atoms with Crippen molar-refractivity contribution < 1.29 is 19.4 Å². The number of carbonyl (C=O) groups excluding carboxylic acids is 2.